The van der Waals surface area contributed by atoms with Crippen LogP contribution >= 0.6 is 0 Å². The van der Waals surface area contributed by atoms with E-state index in [1.54, 1.807) is 0 Å². The van der Waals surface area contributed by atoms with Crippen molar-refractivity contribution in [1.82, 2.24) is 4.98 Å². The number of anilines is 1. The molecule has 0 aliphatic heterocycles. The van der Waals surface area contributed by atoms with Gasteiger partial charge >= 0.3 is 0 Å². The summed E-state index contributed by atoms with van der Waals surface area (Å²) in [5.74, 6) is 0. The number of hydrogen-bond donors (Lipinski definition) is 1. The molecular formula is C22H16N2O. The number of fused-ring (bicyclic) bond motifs is 4. The lowest BCUT2D eigenvalue weighted by Gasteiger charge is -2.07. The van der Waals surface area contributed by atoms with E-state index in [2.05, 4.69) is 35.6 Å². The Morgan fingerprint density at radius 1 is 0.760 bits per heavy atom. The molecule has 1 N–H and O–H groups in total. The molecule has 0 saturated heterocycles. The number of nitrogens with one attached hydrogen (secondary N) is 1. The first-order valence-electron chi connectivity index (χ1n) is 8.37. The number of nitrogens with zero attached hydrogens (tertiary/aromatic N) is 1. The van der Waals surface area contributed by atoms with E-state index in [1.807, 2.05) is 48.5 Å². The molecule has 2 heterocycles. The molecule has 2 aromatic heterocycles. The van der Waals surface area contributed by atoms with E-state index in [1.165, 1.54) is 0 Å². The first-order chi connectivity index (χ1) is 12.4. The van der Waals surface area contributed by atoms with Gasteiger partial charge in [-0.05, 0) is 36.4 Å². The number of hydrogen-bond acceptors (Lipinski definition) is 3. The fourth-order valence-electron chi connectivity index (χ4n) is 3.24. The Morgan fingerprint density at radius 2 is 1.60 bits per heavy atom. The summed E-state index contributed by atoms with van der Waals surface area (Å²) in [5, 5.41) is 6.91. The van der Waals surface area contributed by atoms with Gasteiger partial charge in [0.2, 0.25) is 0 Å². The van der Waals surface area contributed by atoms with Crippen LogP contribution in [0.2, 0.25) is 0 Å². The summed E-state index contributed by atoms with van der Waals surface area (Å²) >= 11 is 0. The molecule has 5 rings (SSSR count). The van der Waals surface area contributed by atoms with E-state index in [9.17, 15) is 0 Å². The normalized spacial score (nSPS) is 11.4. The van der Waals surface area contributed by atoms with Crippen LogP contribution in [0.3, 0.4) is 0 Å². The van der Waals surface area contributed by atoms with E-state index in [-0.39, 0.29) is 0 Å². The van der Waals surface area contributed by atoms with Gasteiger partial charge in [0.25, 0.3) is 0 Å². The van der Waals surface area contributed by atoms with Crippen molar-refractivity contribution < 1.29 is 4.42 Å². The average molecular weight is 324 g/mol. The zero-order chi connectivity index (χ0) is 16.6. The SMILES string of the molecule is c1ccc2nc(CNc3ccc4oc5ccccc5c4c3)ccc2c1. The van der Waals surface area contributed by atoms with Crippen molar-refractivity contribution in [3.8, 4) is 0 Å². The smallest absolute Gasteiger partial charge is 0.135 e. The quantitative estimate of drug-likeness (QED) is 0.459. The van der Waals surface area contributed by atoms with Crippen molar-refractivity contribution in [2.75, 3.05) is 5.32 Å². The molecule has 3 nitrogen and oxygen atoms in total. The first kappa shape index (κ1) is 14.1. The molecule has 0 bridgehead atoms. The summed E-state index contributed by atoms with van der Waals surface area (Å²) < 4.78 is 5.88. The standard InChI is InChI=1S/C22H16N2O/c1-3-7-20-15(5-1)9-10-17(24-20)14-23-16-11-12-22-19(13-16)18-6-2-4-8-21(18)25-22/h1-13,23H,14H2. The van der Waals surface area contributed by atoms with Gasteiger partial charge in [0, 0.05) is 21.8 Å². The minimum Gasteiger partial charge on any atom is -0.456 e. The van der Waals surface area contributed by atoms with Crippen LogP contribution in [-0.2, 0) is 6.54 Å². The van der Waals surface area contributed by atoms with Crippen molar-refractivity contribution in [3.63, 3.8) is 0 Å². The molecule has 0 radical (unpaired) electrons. The van der Waals surface area contributed by atoms with Crippen LogP contribution in [-0.4, -0.2) is 4.98 Å². The molecule has 0 fully saturated rings. The third-order valence-electron chi connectivity index (χ3n) is 4.51. The van der Waals surface area contributed by atoms with Crippen molar-refractivity contribution in [2.24, 2.45) is 0 Å². The monoisotopic (exact) mass is 324 g/mol. The highest BCUT2D eigenvalue weighted by Gasteiger charge is 2.07. The third-order valence-corrected chi connectivity index (χ3v) is 4.51. The van der Waals surface area contributed by atoms with Crippen LogP contribution in [0.4, 0.5) is 5.69 Å². The minimum atomic E-state index is 0.687. The summed E-state index contributed by atoms with van der Waals surface area (Å²) in [6.45, 7) is 0.687. The van der Waals surface area contributed by atoms with Crippen LogP contribution in [0, 0.1) is 0 Å². The molecule has 3 heteroatoms. The Morgan fingerprint density at radius 3 is 2.60 bits per heavy atom. The summed E-state index contributed by atoms with van der Waals surface area (Å²) in [6.07, 6.45) is 0. The van der Waals surface area contributed by atoms with Crippen molar-refractivity contribution in [2.45, 2.75) is 6.54 Å². The topological polar surface area (TPSA) is 38.1 Å². The highest BCUT2D eigenvalue weighted by Crippen LogP contribution is 2.30. The van der Waals surface area contributed by atoms with E-state index in [0.717, 1.165) is 44.2 Å². The second-order valence-electron chi connectivity index (χ2n) is 6.16. The molecule has 0 atom stereocenters. The number of benzene rings is 3. The van der Waals surface area contributed by atoms with Crippen LogP contribution in [0.15, 0.2) is 83.3 Å². The molecule has 25 heavy (non-hydrogen) atoms. The maximum atomic E-state index is 5.88. The maximum Gasteiger partial charge on any atom is 0.135 e. The van der Waals surface area contributed by atoms with Gasteiger partial charge in [-0.3, -0.25) is 4.98 Å². The Hall–Kier alpha value is -3.33. The van der Waals surface area contributed by atoms with Gasteiger partial charge in [-0.25, -0.2) is 0 Å². The van der Waals surface area contributed by atoms with Gasteiger partial charge in [0.15, 0.2) is 0 Å². The van der Waals surface area contributed by atoms with Gasteiger partial charge in [-0.1, -0.05) is 42.5 Å². The van der Waals surface area contributed by atoms with Crippen molar-refractivity contribution >= 4 is 38.5 Å². The third kappa shape index (κ3) is 2.50. The van der Waals surface area contributed by atoms with Crippen LogP contribution in [0.1, 0.15) is 5.69 Å². The van der Waals surface area contributed by atoms with Gasteiger partial charge in [-0.15, -0.1) is 0 Å². The Balaban J connectivity index is 1.45. The van der Waals surface area contributed by atoms with E-state index in [0.29, 0.717) is 6.54 Å². The Labute approximate surface area is 144 Å². The van der Waals surface area contributed by atoms with Gasteiger partial charge < -0.3 is 9.73 Å². The zero-order valence-electron chi connectivity index (χ0n) is 13.6. The molecular weight excluding hydrogens is 308 g/mol. The second-order valence-corrected chi connectivity index (χ2v) is 6.16. The zero-order valence-corrected chi connectivity index (χ0v) is 13.6. The van der Waals surface area contributed by atoms with Crippen molar-refractivity contribution in [1.29, 1.82) is 0 Å². The summed E-state index contributed by atoms with van der Waals surface area (Å²) in [6, 6.07) is 26.7. The largest absolute Gasteiger partial charge is 0.456 e. The number of aromatic nitrogens is 1. The number of furan rings is 1. The molecule has 0 spiro atoms. The lowest BCUT2D eigenvalue weighted by molar-refractivity contribution is 0.669. The maximum absolute atomic E-state index is 5.88. The Bertz CT molecular complexity index is 1210. The lowest BCUT2D eigenvalue weighted by Crippen LogP contribution is -2.01. The fourth-order valence-corrected chi connectivity index (χ4v) is 3.24. The molecule has 5 aromatic rings. The molecule has 0 unspecified atom stereocenters. The highest BCUT2D eigenvalue weighted by atomic mass is 16.3. The number of rotatable bonds is 3. The molecule has 0 aliphatic carbocycles. The van der Waals surface area contributed by atoms with E-state index in [4.69, 9.17) is 9.40 Å². The lowest BCUT2D eigenvalue weighted by atomic mass is 10.1. The van der Waals surface area contributed by atoms with Gasteiger partial charge in [0.1, 0.15) is 11.2 Å². The predicted molar refractivity (Wildman–Crippen MR) is 103 cm³/mol. The molecule has 120 valence electrons. The molecule has 0 saturated carbocycles. The molecule has 0 amide bonds. The second kappa shape index (κ2) is 5.64. The highest BCUT2D eigenvalue weighted by molar-refractivity contribution is 6.05. The summed E-state index contributed by atoms with van der Waals surface area (Å²) in [7, 11) is 0. The van der Waals surface area contributed by atoms with E-state index >= 15 is 0 Å². The molecule has 0 aliphatic rings. The van der Waals surface area contributed by atoms with E-state index < -0.39 is 0 Å². The number of para-hydroxylation sites is 2. The van der Waals surface area contributed by atoms with Gasteiger partial charge in [0.05, 0.1) is 17.8 Å². The Kier molecular flexibility index (Phi) is 3.17. The van der Waals surface area contributed by atoms with Crippen LogP contribution in [0.25, 0.3) is 32.8 Å². The summed E-state index contributed by atoms with van der Waals surface area (Å²) in [4.78, 5) is 4.71. The molecule has 3 aromatic carbocycles. The van der Waals surface area contributed by atoms with Crippen LogP contribution < -0.4 is 5.32 Å². The summed E-state index contributed by atoms with van der Waals surface area (Å²) in [5.41, 5.74) is 4.95. The van der Waals surface area contributed by atoms with Crippen LogP contribution in [0.5, 0.6) is 0 Å². The number of pyridine rings is 1. The fraction of sp³-hybridized carbons (Fsp3) is 0.0455. The minimum absolute atomic E-state index is 0.687. The van der Waals surface area contributed by atoms with Crippen molar-refractivity contribution in [3.05, 3.63) is 84.6 Å². The first-order valence-corrected chi connectivity index (χ1v) is 8.37. The predicted octanol–water partition coefficient (Wildman–Crippen LogP) is 5.75. The average Bonchev–Trinajstić information content (AvgIpc) is 3.04. The van der Waals surface area contributed by atoms with Gasteiger partial charge in [-0.2, -0.15) is 0 Å².